The molecule has 0 bridgehead atoms. The lowest BCUT2D eigenvalue weighted by atomic mass is 10.1. The van der Waals surface area contributed by atoms with E-state index in [9.17, 15) is 0 Å². The first-order chi connectivity index (χ1) is 10.2. The summed E-state index contributed by atoms with van der Waals surface area (Å²) in [7, 11) is 0. The van der Waals surface area contributed by atoms with Gasteiger partial charge in [0.15, 0.2) is 11.5 Å². The Morgan fingerprint density at radius 1 is 1.24 bits per heavy atom. The van der Waals surface area contributed by atoms with Crippen LogP contribution < -0.4 is 14.8 Å². The average molecular weight is 289 g/mol. The van der Waals surface area contributed by atoms with Crippen molar-refractivity contribution in [2.75, 3.05) is 19.8 Å². The van der Waals surface area contributed by atoms with Crippen LogP contribution in [0.2, 0.25) is 0 Å². The molecule has 1 N–H and O–H groups in total. The second-order valence-electron chi connectivity index (χ2n) is 5.23. The van der Waals surface area contributed by atoms with Gasteiger partial charge < -0.3 is 14.8 Å². The first kappa shape index (κ1) is 17.4. The lowest BCUT2D eigenvalue weighted by Crippen LogP contribution is -2.19. The maximum Gasteiger partial charge on any atom is 0.165 e. The van der Waals surface area contributed by atoms with E-state index in [1.807, 2.05) is 26.0 Å². The van der Waals surface area contributed by atoms with Gasteiger partial charge in [-0.1, -0.05) is 26.0 Å². The van der Waals surface area contributed by atoms with Crippen LogP contribution in [0.15, 0.2) is 18.2 Å². The molecule has 0 radical (unpaired) electrons. The number of rotatable bonds is 9. The van der Waals surface area contributed by atoms with E-state index in [1.165, 1.54) is 0 Å². The Morgan fingerprint density at radius 3 is 2.71 bits per heavy atom. The summed E-state index contributed by atoms with van der Waals surface area (Å²) >= 11 is 0. The number of benzene rings is 1. The smallest absolute Gasteiger partial charge is 0.165 e. The van der Waals surface area contributed by atoms with E-state index in [2.05, 4.69) is 37.1 Å². The summed E-state index contributed by atoms with van der Waals surface area (Å²) in [5.74, 6) is 8.18. The molecule has 3 heteroatoms. The van der Waals surface area contributed by atoms with Crippen LogP contribution >= 0.6 is 0 Å². The maximum atomic E-state index is 5.91. The molecule has 0 amide bonds. The van der Waals surface area contributed by atoms with Crippen LogP contribution in [-0.4, -0.2) is 19.8 Å². The van der Waals surface area contributed by atoms with Gasteiger partial charge >= 0.3 is 0 Å². The fraction of sp³-hybridized carbons (Fsp3) is 0.556. The van der Waals surface area contributed by atoms with Crippen molar-refractivity contribution in [2.45, 2.75) is 40.7 Å². The Morgan fingerprint density at radius 2 is 2.05 bits per heavy atom. The summed E-state index contributed by atoms with van der Waals surface area (Å²) in [6.45, 7) is 11.2. The lowest BCUT2D eigenvalue weighted by Gasteiger charge is -2.16. The summed E-state index contributed by atoms with van der Waals surface area (Å²) in [6.07, 6.45) is 0.732. The van der Waals surface area contributed by atoms with Gasteiger partial charge in [0.2, 0.25) is 0 Å². The fourth-order valence-electron chi connectivity index (χ4n) is 1.96. The predicted molar refractivity (Wildman–Crippen MR) is 87.7 cm³/mol. The maximum absolute atomic E-state index is 5.91. The van der Waals surface area contributed by atoms with Gasteiger partial charge in [-0.3, -0.25) is 0 Å². The van der Waals surface area contributed by atoms with E-state index in [-0.39, 0.29) is 0 Å². The Kier molecular flexibility index (Phi) is 8.38. The van der Waals surface area contributed by atoms with E-state index in [4.69, 9.17) is 9.47 Å². The zero-order chi connectivity index (χ0) is 15.5. The summed E-state index contributed by atoms with van der Waals surface area (Å²) in [6, 6.07) is 6.04. The number of ether oxygens (including phenoxy) is 2. The van der Waals surface area contributed by atoms with Gasteiger partial charge in [0, 0.05) is 18.5 Å². The van der Waals surface area contributed by atoms with Crippen LogP contribution in [-0.2, 0) is 6.54 Å². The molecule has 0 saturated carbocycles. The highest BCUT2D eigenvalue weighted by atomic mass is 16.5. The number of nitrogens with one attached hydrogen (secondary N) is 1. The summed E-state index contributed by atoms with van der Waals surface area (Å²) in [5.41, 5.74) is 1.13. The van der Waals surface area contributed by atoms with Gasteiger partial charge in [0.05, 0.1) is 13.2 Å². The molecule has 3 nitrogen and oxygen atoms in total. The molecule has 116 valence electrons. The molecule has 0 saturated heterocycles. The Labute approximate surface area is 129 Å². The molecule has 1 rings (SSSR count). The largest absolute Gasteiger partial charge is 0.490 e. The second-order valence-corrected chi connectivity index (χ2v) is 5.23. The summed E-state index contributed by atoms with van der Waals surface area (Å²) in [4.78, 5) is 0. The zero-order valence-corrected chi connectivity index (χ0v) is 13.7. The minimum Gasteiger partial charge on any atom is -0.490 e. The molecule has 0 aromatic heterocycles. The molecule has 0 aliphatic rings. The van der Waals surface area contributed by atoms with Crippen molar-refractivity contribution in [2.24, 2.45) is 5.92 Å². The Bertz CT molecular complexity index is 472. The molecule has 0 heterocycles. The third kappa shape index (κ3) is 6.55. The molecule has 1 aromatic carbocycles. The van der Waals surface area contributed by atoms with Gasteiger partial charge in [0.25, 0.3) is 0 Å². The minimum absolute atomic E-state index is 0.585. The van der Waals surface area contributed by atoms with E-state index >= 15 is 0 Å². The standard InChI is InChI=1S/C18H27NO2/c1-5-7-8-12-21-18-16(14-19-13-15(3)4)10-9-11-17(18)20-6-2/h9-11,15,19H,6,8,12-14H2,1-4H3. The average Bonchev–Trinajstić information content (AvgIpc) is 2.45. The van der Waals surface area contributed by atoms with Crippen molar-refractivity contribution in [3.8, 4) is 23.3 Å². The van der Waals surface area contributed by atoms with Crippen molar-refractivity contribution in [1.82, 2.24) is 5.32 Å². The first-order valence-electron chi connectivity index (χ1n) is 7.66. The van der Waals surface area contributed by atoms with Crippen LogP contribution in [0, 0.1) is 17.8 Å². The third-order valence-electron chi connectivity index (χ3n) is 2.88. The molecule has 0 aliphatic carbocycles. The highest BCUT2D eigenvalue weighted by Gasteiger charge is 2.10. The van der Waals surface area contributed by atoms with Crippen molar-refractivity contribution >= 4 is 0 Å². The van der Waals surface area contributed by atoms with Crippen LogP contribution in [0.1, 0.15) is 39.7 Å². The Balaban J connectivity index is 2.77. The zero-order valence-electron chi connectivity index (χ0n) is 13.7. The Hall–Kier alpha value is -1.66. The van der Waals surface area contributed by atoms with Crippen LogP contribution in [0.5, 0.6) is 11.5 Å². The second kappa shape index (κ2) is 10.1. The number of hydrogen-bond donors (Lipinski definition) is 1. The van der Waals surface area contributed by atoms with Crippen molar-refractivity contribution in [3.05, 3.63) is 23.8 Å². The quantitative estimate of drug-likeness (QED) is 0.556. The molecule has 0 aliphatic heterocycles. The summed E-state index contributed by atoms with van der Waals surface area (Å²) in [5, 5.41) is 3.45. The first-order valence-corrected chi connectivity index (χ1v) is 7.66. The monoisotopic (exact) mass is 289 g/mol. The van der Waals surface area contributed by atoms with Gasteiger partial charge in [0.1, 0.15) is 0 Å². The SMILES string of the molecule is CC#CCCOc1c(CNCC(C)C)cccc1OCC. The van der Waals surface area contributed by atoms with Gasteiger partial charge in [-0.05, 0) is 32.4 Å². The van der Waals surface area contributed by atoms with Crippen molar-refractivity contribution in [1.29, 1.82) is 0 Å². The summed E-state index contributed by atoms with van der Waals surface area (Å²) < 4.78 is 11.6. The van der Waals surface area contributed by atoms with E-state index < -0.39 is 0 Å². The molecular formula is C18H27NO2. The molecule has 0 fully saturated rings. The van der Waals surface area contributed by atoms with Gasteiger partial charge in [-0.25, -0.2) is 0 Å². The number of hydrogen-bond acceptors (Lipinski definition) is 3. The van der Waals surface area contributed by atoms with E-state index in [1.54, 1.807) is 0 Å². The van der Waals surface area contributed by atoms with Crippen molar-refractivity contribution in [3.63, 3.8) is 0 Å². The van der Waals surface area contributed by atoms with Crippen LogP contribution in [0.4, 0.5) is 0 Å². The highest BCUT2D eigenvalue weighted by molar-refractivity contribution is 5.46. The molecule has 1 aromatic rings. The van der Waals surface area contributed by atoms with E-state index in [0.29, 0.717) is 19.1 Å². The number of para-hydroxylation sites is 1. The molecule has 0 spiro atoms. The minimum atomic E-state index is 0.585. The molecular weight excluding hydrogens is 262 g/mol. The van der Waals surface area contributed by atoms with Crippen LogP contribution in [0.25, 0.3) is 0 Å². The highest BCUT2D eigenvalue weighted by Crippen LogP contribution is 2.31. The van der Waals surface area contributed by atoms with Crippen molar-refractivity contribution < 1.29 is 9.47 Å². The fourth-order valence-corrected chi connectivity index (χ4v) is 1.96. The topological polar surface area (TPSA) is 30.5 Å². The lowest BCUT2D eigenvalue weighted by molar-refractivity contribution is 0.278. The molecule has 21 heavy (non-hydrogen) atoms. The normalized spacial score (nSPS) is 10.1. The molecule has 0 unspecified atom stereocenters. The molecule has 0 atom stereocenters. The predicted octanol–water partition coefficient (Wildman–Crippen LogP) is 3.62. The van der Waals surface area contributed by atoms with E-state index in [0.717, 1.165) is 36.6 Å². The van der Waals surface area contributed by atoms with Crippen LogP contribution in [0.3, 0.4) is 0 Å². The van der Waals surface area contributed by atoms with Gasteiger partial charge in [-0.2, -0.15) is 0 Å². The van der Waals surface area contributed by atoms with Gasteiger partial charge in [-0.15, -0.1) is 11.8 Å². The third-order valence-corrected chi connectivity index (χ3v) is 2.88.